The molecule has 3 heteroatoms. The largest absolute Gasteiger partial charge is 0.357 e. The van der Waals surface area contributed by atoms with Gasteiger partial charge in [0.1, 0.15) is 0 Å². The lowest BCUT2D eigenvalue weighted by molar-refractivity contribution is 0.175. The number of aromatic amines is 1. The topological polar surface area (TPSA) is 31.1 Å². The van der Waals surface area contributed by atoms with Crippen molar-refractivity contribution in [3.05, 3.63) is 107 Å². The number of nitrogens with zero attached hydrogens (tertiary/aromatic N) is 1. The number of H-pyrrole nitrogens is 1. The quantitative estimate of drug-likeness (QED) is 0.540. The van der Waals surface area contributed by atoms with Crippen molar-refractivity contribution in [1.29, 1.82) is 0 Å². The molecule has 0 bridgehead atoms. The summed E-state index contributed by atoms with van der Waals surface area (Å²) >= 11 is 0. The highest BCUT2D eigenvalue weighted by Gasteiger charge is 2.32. The molecular weight excluding hydrogens is 342 g/mol. The summed E-state index contributed by atoms with van der Waals surface area (Å²) in [5, 5.41) is 5.25. The van der Waals surface area contributed by atoms with Crippen molar-refractivity contribution in [3.8, 4) is 0 Å². The van der Waals surface area contributed by atoms with Gasteiger partial charge in [-0.1, -0.05) is 78.9 Å². The second kappa shape index (κ2) is 7.27. The summed E-state index contributed by atoms with van der Waals surface area (Å²) in [6, 6.07) is 30.3. The Labute approximate surface area is 166 Å². The molecule has 2 heterocycles. The molecular formula is C25H25N3. The number of fused-ring (bicyclic) bond motifs is 3. The fraction of sp³-hybridized carbons (Fsp3) is 0.200. The minimum absolute atomic E-state index is 0.167. The maximum absolute atomic E-state index is 3.90. The number of aromatic nitrogens is 1. The molecule has 1 aromatic heterocycles. The first kappa shape index (κ1) is 17.2. The Morgan fingerprint density at radius 1 is 0.857 bits per heavy atom. The van der Waals surface area contributed by atoms with E-state index < -0.39 is 0 Å². The number of benzene rings is 3. The van der Waals surface area contributed by atoms with Gasteiger partial charge in [-0.25, -0.2) is 0 Å². The van der Waals surface area contributed by atoms with Crippen LogP contribution in [0.5, 0.6) is 0 Å². The Hall–Kier alpha value is -2.88. The molecule has 0 spiro atoms. The lowest BCUT2D eigenvalue weighted by Crippen LogP contribution is -2.49. The van der Waals surface area contributed by atoms with Crippen LogP contribution in [0.15, 0.2) is 84.9 Å². The Balaban J connectivity index is 1.53. The van der Waals surface area contributed by atoms with Gasteiger partial charge >= 0.3 is 0 Å². The van der Waals surface area contributed by atoms with E-state index >= 15 is 0 Å². The molecule has 1 aliphatic heterocycles. The number of hydrogen-bond donors (Lipinski definition) is 2. The third kappa shape index (κ3) is 3.13. The van der Waals surface area contributed by atoms with E-state index in [9.17, 15) is 0 Å². The van der Waals surface area contributed by atoms with Crippen LogP contribution in [-0.2, 0) is 13.0 Å². The maximum Gasteiger partial charge on any atom is 0.0744 e. The van der Waals surface area contributed by atoms with Gasteiger partial charge < -0.3 is 4.98 Å². The van der Waals surface area contributed by atoms with Crippen molar-refractivity contribution in [3.63, 3.8) is 0 Å². The van der Waals surface area contributed by atoms with Crippen molar-refractivity contribution >= 4 is 10.9 Å². The van der Waals surface area contributed by atoms with Crippen molar-refractivity contribution in [2.75, 3.05) is 7.05 Å². The average molecular weight is 367 g/mol. The van der Waals surface area contributed by atoms with Crippen LogP contribution in [0.3, 0.4) is 0 Å². The second-order valence-corrected chi connectivity index (χ2v) is 7.69. The van der Waals surface area contributed by atoms with Gasteiger partial charge in [-0.2, -0.15) is 0 Å². The van der Waals surface area contributed by atoms with Crippen LogP contribution in [0.2, 0.25) is 0 Å². The molecule has 0 amide bonds. The molecule has 1 aliphatic rings. The first-order chi connectivity index (χ1) is 13.8. The molecule has 2 unspecified atom stereocenters. The van der Waals surface area contributed by atoms with Crippen LogP contribution in [0.4, 0.5) is 0 Å². The number of para-hydroxylation sites is 1. The average Bonchev–Trinajstić information content (AvgIpc) is 3.13. The van der Waals surface area contributed by atoms with E-state index in [1.54, 1.807) is 0 Å². The summed E-state index contributed by atoms with van der Waals surface area (Å²) < 4.78 is 0. The van der Waals surface area contributed by atoms with E-state index in [-0.39, 0.29) is 12.2 Å². The zero-order valence-corrected chi connectivity index (χ0v) is 16.1. The number of likely N-dealkylation sites (N-methyl/N-ethyl adjacent to an activating group) is 1. The van der Waals surface area contributed by atoms with Crippen LogP contribution in [-0.4, -0.2) is 23.1 Å². The molecule has 3 nitrogen and oxygen atoms in total. The molecule has 140 valence electrons. The lowest BCUT2D eigenvalue weighted by Gasteiger charge is -2.37. The summed E-state index contributed by atoms with van der Waals surface area (Å²) in [5.41, 5.74) is 6.60. The monoisotopic (exact) mass is 367 g/mol. The van der Waals surface area contributed by atoms with Gasteiger partial charge in [-0.3, -0.25) is 10.2 Å². The Bertz CT molecular complexity index is 1070. The smallest absolute Gasteiger partial charge is 0.0744 e. The van der Waals surface area contributed by atoms with Crippen molar-refractivity contribution in [2.24, 2.45) is 0 Å². The zero-order chi connectivity index (χ0) is 18.9. The molecule has 28 heavy (non-hydrogen) atoms. The van der Waals surface area contributed by atoms with E-state index in [4.69, 9.17) is 0 Å². The highest BCUT2D eigenvalue weighted by atomic mass is 15.3. The van der Waals surface area contributed by atoms with Crippen LogP contribution in [0, 0.1) is 0 Å². The summed E-state index contributed by atoms with van der Waals surface area (Å²) in [6.45, 7) is 0.928. The molecule has 4 aromatic rings. The normalized spacial score (nSPS) is 19.1. The second-order valence-electron chi connectivity index (χ2n) is 7.69. The fourth-order valence-corrected chi connectivity index (χ4v) is 4.39. The van der Waals surface area contributed by atoms with Crippen molar-refractivity contribution < 1.29 is 0 Å². The molecule has 0 radical (unpaired) electrons. The molecule has 0 saturated carbocycles. The number of nitrogens with one attached hydrogen (secondary N) is 2. The minimum Gasteiger partial charge on any atom is -0.357 e. The summed E-state index contributed by atoms with van der Waals surface area (Å²) in [5.74, 6) is 0. The molecule has 2 atom stereocenters. The zero-order valence-electron chi connectivity index (χ0n) is 16.1. The van der Waals surface area contributed by atoms with Crippen LogP contribution >= 0.6 is 0 Å². The first-order valence-electron chi connectivity index (χ1n) is 9.94. The van der Waals surface area contributed by atoms with E-state index in [1.165, 1.54) is 33.3 Å². The van der Waals surface area contributed by atoms with Gasteiger partial charge in [0.2, 0.25) is 0 Å². The van der Waals surface area contributed by atoms with Crippen LogP contribution in [0.25, 0.3) is 10.9 Å². The highest BCUT2D eigenvalue weighted by molar-refractivity contribution is 5.85. The summed E-state index contributed by atoms with van der Waals surface area (Å²) in [4.78, 5) is 6.12. The third-order valence-electron chi connectivity index (χ3n) is 5.83. The van der Waals surface area contributed by atoms with Gasteiger partial charge in [0.25, 0.3) is 0 Å². The van der Waals surface area contributed by atoms with Gasteiger partial charge in [0.05, 0.1) is 12.2 Å². The third-order valence-corrected chi connectivity index (χ3v) is 5.83. The van der Waals surface area contributed by atoms with Crippen molar-refractivity contribution in [1.82, 2.24) is 15.2 Å². The number of hydrogen-bond acceptors (Lipinski definition) is 2. The lowest BCUT2D eigenvalue weighted by atomic mass is 9.92. The van der Waals surface area contributed by atoms with Gasteiger partial charge in [-0.15, -0.1) is 0 Å². The minimum atomic E-state index is 0.167. The van der Waals surface area contributed by atoms with Crippen molar-refractivity contribution in [2.45, 2.75) is 25.2 Å². The Morgan fingerprint density at radius 2 is 1.54 bits per heavy atom. The molecule has 0 fully saturated rings. The van der Waals surface area contributed by atoms with E-state index in [2.05, 4.69) is 107 Å². The standard InChI is InChI=1S/C25H25N3/c1-28(17-18-10-4-2-5-11-18)23-16-21-20-14-8-9-15-22(20)26-25(21)24(27-23)19-12-6-3-7-13-19/h2-15,23-24,26-27H,16-17H2,1H3. The SMILES string of the molecule is CN(Cc1ccccc1)C1Cc2c([nH]c3ccccc23)C(c2ccccc2)N1. The van der Waals surface area contributed by atoms with Gasteiger partial charge in [0.15, 0.2) is 0 Å². The highest BCUT2D eigenvalue weighted by Crippen LogP contribution is 2.35. The molecule has 0 saturated heterocycles. The Morgan fingerprint density at radius 3 is 2.32 bits per heavy atom. The summed E-state index contributed by atoms with van der Waals surface area (Å²) in [7, 11) is 2.21. The van der Waals surface area contributed by atoms with Gasteiger partial charge in [-0.05, 0) is 29.8 Å². The van der Waals surface area contributed by atoms with Crippen LogP contribution < -0.4 is 5.32 Å². The molecule has 5 rings (SSSR count). The number of rotatable bonds is 4. The van der Waals surface area contributed by atoms with Crippen LogP contribution in [0.1, 0.15) is 28.4 Å². The van der Waals surface area contributed by atoms with E-state index in [0.717, 1.165) is 13.0 Å². The van der Waals surface area contributed by atoms with E-state index in [0.29, 0.717) is 0 Å². The predicted octanol–water partition coefficient (Wildman–Crippen LogP) is 4.86. The molecule has 0 aliphatic carbocycles. The molecule has 3 aromatic carbocycles. The Kier molecular flexibility index (Phi) is 4.47. The molecule has 2 N–H and O–H groups in total. The maximum atomic E-state index is 3.90. The first-order valence-corrected chi connectivity index (χ1v) is 9.94. The fourth-order valence-electron chi connectivity index (χ4n) is 4.39. The summed E-state index contributed by atoms with van der Waals surface area (Å²) in [6.07, 6.45) is 1.27. The van der Waals surface area contributed by atoms with E-state index in [1.807, 2.05) is 0 Å². The van der Waals surface area contributed by atoms with Gasteiger partial charge in [0, 0.05) is 29.6 Å². The predicted molar refractivity (Wildman–Crippen MR) is 115 cm³/mol.